The van der Waals surface area contributed by atoms with Crippen molar-refractivity contribution in [2.24, 2.45) is 0 Å². The van der Waals surface area contributed by atoms with Crippen LogP contribution in [0.15, 0.2) is 91.3 Å². The number of aromatic nitrogens is 2. The molecule has 0 aliphatic rings. The van der Waals surface area contributed by atoms with Gasteiger partial charge in [0.2, 0.25) is 0 Å². The van der Waals surface area contributed by atoms with E-state index in [2.05, 4.69) is 20.6 Å². The van der Waals surface area contributed by atoms with Crippen LogP contribution in [0.1, 0.15) is 15.9 Å². The van der Waals surface area contributed by atoms with Gasteiger partial charge < -0.3 is 10.6 Å². The zero-order chi connectivity index (χ0) is 22.6. The molecule has 0 atom stereocenters. The third-order valence-corrected chi connectivity index (χ3v) is 4.63. The van der Waals surface area contributed by atoms with Crippen molar-refractivity contribution >= 4 is 23.1 Å². The molecule has 0 aliphatic carbocycles. The Labute approximate surface area is 182 Å². The van der Waals surface area contributed by atoms with Crippen LogP contribution in [0.25, 0.3) is 11.3 Å². The van der Waals surface area contributed by atoms with Gasteiger partial charge in [0, 0.05) is 23.0 Å². The largest absolute Gasteiger partial charge is 0.417 e. The molecule has 0 saturated carbocycles. The average Bonchev–Trinajstić information content (AvgIpc) is 2.80. The summed E-state index contributed by atoms with van der Waals surface area (Å²) >= 11 is 0. The quantitative estimate of drug-likeness (QED) is 0.395. The van der Waals surface area contributed by atoms with E-state index >= 15 is 0 Å². The van der Waals surface area contributed by atoms with Gasteiger partial charge in [-0.25, -0.2) is 9.97 Å². The van der Waals surface area contributed by atoms with Gasteiger partial charge in [0.25, 0.3) is 5.91 Å². The van der Waals surface area contributed by atoms with E-state index in [0.717, 1.165) is 23.4 Å². The molecule has 4 rings (SSSR count). The SMILES string of the molecule is O=C(Nc1ccc(Nc2cc(-c3ccccc3)ncn2)cc1)c1ccccc1C(F)(F)F. The van der Waals surface area contributed by atoms with Gasteiger partial charge in [-0.15, -0.1) is 0 Å². The number of amides is 1. The summed E-state index contributed by atoms with van der Waals surface area (Å²) in [7, 11) is 0. The lowest BCUT2D eigenvalue weighted by atomic mass is 10.1. The van der Waals surface area contributed by atoms with Gasteiger partial charge in [-0.2, -0.15) is 13.2 Å². The second-order valence-electron chi connectivity index (χ2n) is 6.85. The molecule has 0 aliphatic heterocycles. The minimum atomic E-state index is -4.61. The molecule has 0 radical (unpaired) electrons. The van der Waals surface area contributed by atoms with Gasteiger partial charge >= 0.3 is 6.18 Å². The van der Waals surface area contributed by atoms with Crippen LogP contribution >= 0.6 is 0 Å². The zero-order valence-electron chi connectivity index (χ0n) is 16.6. The molecule has 32 heavy (non-hydrogen) atoms. The van der Waals surface area contributed by atoms with Gasteiger partial charge in [-0.1, -0.05) is 42.5 Å². The molecule has 0 fully saturated rings. The first-order valence-corrected chi connectivity index (χ1v) is 9.62. The third kappa shape index (κ3) is 4.92. The number of halogens is 3. The minimum absolute atomic E-state index is 0.366. The van der Waals surface area contributed by atoms with E-state index in [1.54, 1.807) is 30.3 Å². The summed E-state index contributed by atoms with van der Waals surface area (Å²) in [5, 5.41) is 5.64. The Morgan fingerprint density at radius 2 is 1.44 bits per heavy atom. The first-order valence-electron chi connectivity index (χ1n) is 9.62. The molecule has 0 unspecified atom stereocenters. The highest BCUT2D eigenvalue weighted by Crippen LogP contribution is 2.32. The first-order chi connectivity index (χ1) is 15.4. The third-order valence-electron chi connectivity index (χ3n) is 4.63. The van der Waals surface area contributed by atoms with Crippen molar-refractivity contribution in [1.82, 2.24) is 9.97 Å². The fraction of sp³-hybridized carbons (Fsp3) is 0.0417. The van der Waals surface area contributed by atoms with E-state index in [1.807, 2.05) is 30.3 Å². The second-order valence-corrected chi connectivity index (χ2v) is 6.85. The second kappa shape index (κ2) is 8.89. The highest BCUT2D eigenvalue weighted by molar-refractivity contribution is 6.05. The number of rotatable bonds is 5. The molecule has 5 nitrogen and oxygen atoms in total. The number of carbonyl (C=O) groups is 1. The van der Waals surface area contributed by atoms with Crippen LogP contribution in [0, 0.1) is 0 Å². The highest BCUT2D eigenvalue weighted by Gasteiger charge is 2.34. The zero-order valence-corrected chi connectivity index (χ0v) is 16.6. The van der Waals surface area contributed by atoms with Gasteiger partial charge in [0.1, 0.15) is 12.1 Å². The number of hydrogen-bond acceptors (Lipinski definition) is 4. The number of alkyl halides is 3. The Kier molecular flexibility index (Phi) is 5.85. The monoisotopic (exact) mass is 434 g/mol. The summed E-state index contributed by atoms with van der Waals surface area (Å²) in [5.74, 6) is -0.253. The van der Waals surface area contributed by atoms with E-state index < -0.39 is 23.2 Å². The average molecular weight is 434 g/mol. The molecule has 160 valence electrons. The lowest BCUT2D eigenvalue weighted by molar-refractivity contribution is -0.137. The maximum atomic E-state index is 13.1. The van der Waals surface area contributed by atoms with E-state index in [-0.39, 0.29) is 0 Å². The summed E-state index contributed by atoms with van der Waals surface area (Å²) in [4.78, 5) is 20.9. The van der Waals surface area contributed by atoms with Gasteiger partial charge in [-0.3, -0.25) is 4.79 Å². The lowest BCUT2D eigenvalue weighted by Crippen LogP contribution is -2.18. The van der Waals surface area contributed by atoms with Gasteiger partial charge in [0.05, 0.1) is 16.8 Å². The van der Waals surface area contributed by atoms with Crippen LogP contribution in [0.3, 0.4) is 0 Å². The Morgan fingerprint density at radius 3 is 2.16 bits per heavy atom. The van der Waals surface area contributed by atoms with Crippen LogP contribution in [0.5, 0.6) is 0 Å². The predicted octanol–water partition coefficient (Wildman–Crippen LogP) is 6.16. The van der Waals surface area contributed by atoms with Crippen molar-refractivity contribution in [2.75, 3.05) is 10.6 Å². The minimum Gasteiger partial charge on any atom is -0.340 e. The maximum Gasteiger partial charge on any atom is 0.417 e. The van der Waals surface area contributed by atoms with Crippen LogP contribution in [-0.2, 0) is 6.18 Å². The number of nitrogens with zero attached hydrogens (tertiary/aromatic N) is 2. The van der Waals surface area contributed by atoms with Crippen molar-refractivity contribution in [3.05, 3.63) is 102 Å². The molecule has 1 amide bonds. The molecule has 1 aromatic heterocycles. The van der Waals surface area contributed by atoms with Crippen molar-refractivity contribution in [3.8, 4) is 11.3 Å². The normalized spacial score (nSPS) is 11.1. The van der Waals surface area contributed by atoms with Crippen LogP contribution in [-0.4, -0.2) is 15.9 Å². The summed E-state index contributed by atoms with van der Waals surface area (Å²) < 4.78 is 39.4. The molecular weight excluding hydrogens is 417 g/mol. The van der Waals surface area contributed by atoms with E-state index in [1.165, 1.54) is 18.5 Å². The summed E-state index contributed by atoms with van der Waals surface area (Å²) in [6, 6.07) is 22.7. The summed E-state index contributed by atoms with van der Waals surface area (Å²) in [5.41, 5.74) is 1.36. The van der Waals surface area contributed by atoms with Gasteiger partial charge in [-0.05, 0) is 36.4 Å². The number of carbonyl (C=O) groups excluding carboxylic acids is 1. The molecule has 1 heterocycles. The van der Waals surface area contributed by atoms with Gasteiger partial charge in [0.15, 0.2) is 0 Å². The summed E-state index contributed by atoms with van der Waals surface area (Å²) in [6.45, 7) is 0. The van der Waals surface area contributed by atoms with Crippen LogP contribution in [0.4, 0.5) is 30.4 Å². The topological polar surface area (TPSA) is 66.9 Å². The predicted molar refractivity (Wildman–Crippen MR) is 117 cm³/mol. The maximum absolute atomic E-state index is 13.1. The van der Waals surface area contributed by atoms with Crippen LogP contribution in [0.2, 0.25) is 0 Å². The fourth-order valence-electron chi connectivity index (χ4n) is 3.10. The number of hydrogen-bond donors (Lipinski definition) is 2. The molecule has 8 heteroatoms. The van der Waals surface area contributed by atoms with E-state index in [0.29, 0.717) is 17.2 Å². The lowest BCUT2D eigenvalue weighted by Gasteiger charge is -2.13. The first kappa shape index (κ1) is 21.0. The Hall–Kier alpha value is -4.20. The molecule has 0 saturated heterocycles. The van der Waals surface area contributed by atoms with Crippen molar-refractivity contribution in [1.29, 1.82) is 0 Å². The van der Waals surface area contributed by atoms with E-state index in [9.17, 15) is 18.0 Å². The molecule has 3 aromatic carbocycles. The molecule has 0 bridgehead atoms. The summed E-state index contributed by atoms with van der Waals surface area (Å²) in [6.07, 6.45) is -3.16. The number of anilines is 3. The highest BCUT2D eigenvalue weighted by atomic mass is 19.4. The van der Waals surface area contributed by atoms with E-state index in [4.69, 9.17) is 0 Å². The Balaban J connectivity index is 1.46. The Morgan fingerprint density at radius 1 is 0.781 bits per heavy atom. The fourth-order valence-corrected chi connectivity index (χ4v) is 3.10. The van der Waals surface area contributed by atoms with Crippen molar-refractivity contribution in [3.63, 3.8) is 0 Å². The number of benzene rings is 3. The standard InChI is InChI=1S/C24H17F3N4O/c25-24(26,27)20-9-5-4-8-19(20)23(32)31-18-12-10-17(11-13-18)30-22-14-21(28-15-29-22)16-6-2-1-3-7-16/h1-15H,(H,31,32)(H,28,29,30). The van der Waals surface area contributed by atoms with Crippen molar-refractivity contribution in [2.45, 2.75) is 6.18 Å². The molecule has 2 N–H and O–H groups in total. The van der Waals surface area contributed by atoms with Crippen molar-refractivity contribution < 1.29 is 18.0 Å². The molecule has 0 spiro atoms. The molecule has 4 aromatic rings. The molecular formula is C24H17F3N4O. The Bertz CT molecular complexity index is 1230. The smallest absolute Gasteiger partial charge is 0.340 e. The number of nitrogens with one attached hydrogen (secondary N) is 2. The van der Waals surface area contributed by atoms with Crippen LogP contribution < -0.4 is 10.6 Å².